The van der Waals surface area contributed by atoms with Crippen LogP contribution >= 0.6 is 0 Å². The Kier molecular flexibility index (Phi) is 4.19. The van der Waals surface area contributed by atoms with Gasteiger partial charge in [0.2, 0.25) is 5.89 Å². The molecule has 0 spiro atoms. The Labute approximate surface area is 108 Å². The minimum absolute atomic E-state index is 0.0899. The van der Waals surface area contributed by atoms with Gasteiger partial charge in [-0.2, -0.15) is 0 Å². The fourth-order valence-corrected chi connectivity index (χ4v) is 2.26. The molecule has 0 aliphatic carbocycles. The molecule has 0 amide bonds. The van der Waals surface area contributed by atoms with Gasteiger partial charge in [-0.05, 0) is 27.3 Å². The van der Waals surface area contributed by atoms with Crippen molar-refractivity contribution in [2.75, 3.05) is 24.5 Å². The highest BCUT2D eigenvalue weighted by Crippen LogP contribution is 2.21. The first-order chi connectivity index (χ1) is 8.60. The van der Waals surface area contributed by atoms with E-state index in [1.807, 2.05) is 6.92 Å². The van der Waals surface area contributed by atoms with Crippen LogP contribution in [0.2, 0.25) is 0 Å². The van der Waals surface area contributed by atoms with Crippen molar-refractivity contribution in [3.63, 3.8) is 0 Å². The smallest absolute Gasteiger partial charge is 0.318 e. The van der Waals surface area contributed by atoms with E-state index in [1.165, 1.54) is 0 Å². The van der Waals surface area contributed by atoms with Gasteiger partial charge >= 0.3 is 6.01 Å². The Morgan fingerprint density at radius 1 is 1.33 bits per heavy atom. The van der Waals surface area contributed by atoms with E-state index in [0.29, 0.717) is 11.9 Å². The molecular weight excluding hydrogens is 232 g/mol. The van der Waals surface area contributed by atoms with Gasteiger partial charge in [-0.1, -0.05) is 12.0 Å². The predicted molar refractivity (Wildman–Crippen MR) is 68.6 cm³/mol. The molecule has 6 heteroatoms. The Morgan fingerprint density at radius 2 is 2.00 bits per heavy atom. The van der Waals surface area contributed by atoms with E-state index in [9.17, 15) is 0 Å². The molecule has 1 saturated heterocycles. The van der Waals surface area contributed by atoms with E-state index < -0.39 is 0 Å². The Balaban J connectivity index is 2.05. The zero-order valence-corrected chi connectivity index (χ0v) is 11.5. The van der Waals surface area contributed by atoms with Crippen LogP contribution in [-0.4, -0.2) is 42.0 Å². The molecule has 0 aromatic carbocycles. The second-order valence-electron chi connectivity index (χ2n) is 4.86. The van der Waals surface area contributed by atoms with Crippen LogP contribution in [0.3, 0.4) is 0 Å². The van der Waals surface area contributed by atoms with Gasteiger partial charge in [0.1, 0.15) is 0 Å². The molecule has 3 atom stereocenters. The molecule has 0 radical (unpaired) electrons. The third-order valence-corrected chi connectivity index (χ3v) is 3.00. The number of anilines is 1. The minimum Gasteiger partial charge on any atom is -0.406 e. The maximum absolute atomic E-state index is 5.72. The zero-order valence-electron chi connectivity index (χ0n) is 11.5. The van der Waals surface area contributed by atoms with E-state index in [0.717, 1.165) is 19.6 Å². The minimum atomic E-state index is 0.0899. The van der Waals surface area contributed by atoms with Gasteiger partial charge in [0.15, 0.2) is 0 Å². The summed E-state index contributed by atoms with van der Waals surface area (Å²) in [7, 11) is 0. The monoisotopic (exact) mass is 254 g/mol. The lowest BCUT2D eigenvalue weighted by Gasteiger charge is -2.33. The Bertz CT molecular complexity index is 372. The van der Waals surface area contributed by atoms with Gasteiger partial charge in [0, 0.05) is 13.1 Å². The number of ether oxygens (including phenoxy) is 1. The van der Waals surface area contributed by atoms with E-state index >= 15 is 0 Å². The molecule has 0 bridgehead atoms. The molecule has 18 heavy (non-hydrogen) atoms. The molecule has 1 aliphatic rings. The predicted octanol–water partition coefficient (Wildman–Crippen LogP) is 1.35. The SMILES string of the molecule is CCNC(C)c1nnc(N2CC(C)OC(C)C2)o1. The summed E-state index contributed by atoms with van der Waals surface area (Å²) in [6.45, 7) is 10.7. The third-order valence-electron chi connectivity index (χ3n) is 3.00. The highest BCUT2D eigenvalue weighted by Gasteiger charge is 2.26. The van der Waals surface area contributed by atoms with Crippen molar-refractivity contribution in [2.24, 2.45) is 0 Å². The molecule has 1 aromatic heterocycles. The van der Waals surface area contributed by atoms with Gasteiger partial charge in [0.25, 0.3) is 0 Å². The van der Waals surface area contributed by atoms with Gasteiger partial charge in [-0.3, -0.25) is 0 Å². The number of nitrogens with zero attached hydrogens (tertiary/aromatic N) is 3. The summed E-state index contributed by atoms with van der Waals surface area (Å²) >= 11 is 0. The van der Waals surface area contributed by atoms with Crippen LogP contribution in [0.25, 0.3) is 0 Å². The molecule has 2 rings (SSSR count). The van der Waals surface area contributed by atoms with Crippen LogP contribution in [-0.2, 0) is 4.74 Å². The number of nitrogens with one attached hydrogen (secondary N) is 1. The first-order valence-electron chi connectivity index (χ1n) is 6.57. The summed E-state index contributed by atoms with van der Waals surface area (Å²) in [5.74, 6) is 0.638. The number of hydrogen-bond donors (Lipinski definition) is 1. The van der Waals surface area contributed by atoms with Crippen molar-refractivity contribution >= 4 is 6.01 Å². The average Bonchev–Trinajstić information content (AvgIpc) is 2.77. The topological polar surface area (TPSA) is 63.4 Å². The first-order valence-corrected chi connectivity index (χ1v) is 6.57. The summed E-state index contributed by atoms with van der Waals surface area (Å²) in [6.07, 6.45) is 0.380. The summed E-state index contributed by atoms with van der Waals surface area (Å²) in [4.78, 5) is 2.09. The van der Waals surface area contributed by atoms with Crippen molar-refractivity contribution in [3.05, 3.63) is 5.89 Å². The highest BCUT2D eigenvalue weighted by atomic mass is 16.5. The molecule has 1 aliphatic heterocycles. The number of rotatable bonds is 4. The average molecular weight is 254 g/mol. The van der Waals surface area contributed by atoms with Crippen LogP contribution in [0.15, 0.2) is 4.42 Å². The molecular formula is C12H22N4O2. The maximum Gasteiger partial charge on any atom is 0.318 e. The lowest BCUT2D eigenvalue weighted by molar-refractivity contribution is -0.00677. The number of morpholine rings is 1. The number of aromatic nitrogens is 2. The fraction of sp³-hybridized carbons (Fsp3) is 0.833. The van der Waals surface area contributed by atoms with Crippen LogP contribution in [0.4, 0.5) is 6.01 Å². The van der Waals surface area contributed by atoms with E-state index in [1.54, 1.807) is 0 Å². The maximum atomic E-state index is 5.72. The Morgan fingerprint density at radius 3 is 2.61 bits per heavy atom. The van der Waals surface area contributed by atoms with E-state index in [-0.39, 0.29) is 18.2 Å². The lowest BCUT2D eigenvalue weighted by Crippen LogP contribution is -2.45. The first kappa shape index (κ1) is 13.3. The quantitative estimate of drug-likeness (QED) is 0.875. The molecule has 2 heterocycles. The molecule has 1 aromatic rings. The molecule has 1 N–H and O–H groups in total. The number of hydrogen-bond acceptors (Lipinski definition) is 6. The third kappa shape index (κ3) is 3.00. The summed E-state index contributed by atoms with van der Waals surface area (Å²) in [5.41, 5.74) is 0. The van der Waals surface area contributed by atoms with Crippen LogP contribution < -0.4 is 10.2 Å². The van der Waals surface area contributed by atoms with Crippen molar-refractivity contribution in [3.8, 4) is 0 Å². The summed E-state index contributed by atoms with van der Waals surface area (Å²) < 4.78 is 11.4. The van der Waals surface area contributed by atoms with Crippen molar-refractivity contribution in [2.45, 2.75) is 45.9 Å². The van der Waals surface area contributed by atoms with Crippen molar-refractivity contribution < 1.29 is 9.15 Å². The molecule has 3 unspecified atom stereocenters. The molecule has 102 valence electrons. The standard InChI is InChI=1S/C12H22N4O2/c1-5-13-10(4)11-14-15-12(18-11)16-6-8(2)17-9(3)7-16/h8-10,13H,5-7H2,1-4H3. The van der Waals surface area contributed by atoms with Crippen molar-refractivity contribution in [1.82, 2.24) is 15.5 Å². The Hall–Kier alpha value is -1.14. The molecule has 6 nitrogen and oxygen atoms in total. The zero-order chi connectivity index (χ0) is 13.1. The van der Waals surface area contributed by atoms with Crippen LogP contribution in [0, 0.1) is 0 Å². The van der Waals surface area contributed by atoms with Gasteiger partial charge in [0.05, 0.1) is 18.2 Å². The van der Waals surface area contributed by atoms with Crippen LogP contribution in [0.5, 0.6) is 0 Å². The molecule has 0 saturated carbocycles. The van der Waals surface area contributed by atoms with Gasteiger partial charge < -0.3 is 19.4 Å². The van der Waals surface area contributed by atoms with E-state index in [2.05, 4.69) is 41.2 Å². The fourth-order valence-electron chi connectivity index (χ4n) is 2.26. The molecule has 1 fully saturated rings. The van der Waals surface area contributed by atoms with Gasteiger partial charge in [-0.15, -0.1) is 5.10 Å². The van der Waals surface area contributed by atoms with E-state index in [4.69, 9.17) is 9.15 Å². The summed E-state index contributed by atoms with van der Waals surface area (Å²) in [6, 6.07) is 0.684. The largest absolute Gasteiger partial charge is 0.406 e. The second kappa shape index (κ2) is 5.67. The van der Waals surface area contributed by atoms with Crippen LogP contribution in [0.1, 0.15) is 39.6 Å². The van der Waals surface area contributed by atoms with Gasteiger partial charge in [-0.25, -0.2) is 0 Å². The normalized spacial score (nSPS) is 26.3. The van der Waals surface area contributed by atoms with Crippen molar-refractivity contribution in [1.29, 1.82) is 0 Å². The summed E-state index contributed by atoms with van der Waals surface area (Å²) in [5, 5.41) is 11.5. The lowest BCUT2D eigenvalue weighted by atomic mass is 10.2. The highest BCUT2D eigenvalue weighted by molar-refractivity contribution is 5.26. The second-order valence-corrected chi connectivity index (χ2v) is 4.86.